The molecule has 1 aromatic carbocycles. The molecule has 0 aliphatic rings. The van der Waals surface area contributed by atoms with Gasteiger partial charge >= 0.3 is 5.97 Å². The lowest BCUT2D eigenvalue weighted by Gasteiger charge is -2.05. The Morgan fingerprint density at radius 3 is 2.67 bits per heavy atom. The Morgan fingerprint density at radius 1 is 1.44 bits per heavy atom. The molecule has 18 heavy (non-hydrogen) atoms. The Hall–Kier alpha value is -2.46. The summed E-state index contributed by atoms with van der Waals surface area (Å²) in [5.74, 6) is 0.0665. The minimum absolute atomic E-state index is 0.0930. The largest absolute Gasteiger partial charge is 0.496 e. The van der Waals surface area contributed by atoms with E-state index in [0.29, 0.717) is 0 Å². The molecule has 0 fully saturated rings. The number of hydrogen-bond donors (Lipinski definition) is 0. The topological polar surface area (TPSA) is 84.3 Å². The van der Waals surface area contributed by atoms with Crippen molar-refractivity contribution in [1.82, 2.24) is 0 Å². The van der Waals surface area contributed by atoms with Gasteiger partial charge in [-0.3, -0.25) is 0 Å². The summed E-state index contributed by atoms with van der Waals surface area (Å²) in [6.07, 6.45) is 1.46. The van der Waals surface area contributed by atoms with E-state index in [1.807, 2.05) is 13.0 Å². The van der Waals surface area contributed by atoms with Crippen molar-refractivity contribution in [3.05, 3.63) is 45.5 Å². The van der Waals surface area contributed by atoms with Crippen molar-refractivity contribution in [3.8, 4) is 5.75 Å². The predicted octanol–water partition coefficient (Wildman–Crippen LogP) is 2.83. The summed E-state index contributed by atoms with van der Waals surface area (Å²) in [4.78, 5) is 13.9. The molecule has 0 radical (unpaired) electrons. The zero-order valence-electron chi connectivity index (χ0n) is 10.4. The molecule has 0 bridgehead atoms. The van der Waals surface area contributed by atoms with Gasteiger partial charge in [-0.25, -0.2) is 4.79 Å². The number of benzene rings is 1. The SMILES string of the molecule is COC(=O)/C(=C/c1ccc(OC)c(C)c1)N=[N+]=[N-]. The van der Waals surface area contributed by atoms with Gasteiger partial charge in [0.05, 0.1) is 14.2 Å². The van der Waals surface area contributed by atoms with Gasteiger partial charge in [-0.1, -0.05) is 11.2 Å². The Morgan fingerprint density at radius 2 is 2.17 bits per heavy atom. The van der Waals surface area contributed by atoms with Gasteiger partial charge in [0.25, 0.3) is 0 Å². The highest BCUT2D eigenvalue weighted by Gasteiger charge is 2.07. The van der Waals surface area contributed by atoms with Crippen LogP contribution in [0.3, 0.4) is 0 Å². The smallest absolute Gasteiger partial charge is 0.340 e. The van der Waals surface area contributed by atoms with E-state index in [0.717, 1.165) is 16.9 Å². The molecule has 6 heteroatoms. The zero-order chi connectivity index (χ0) is 13.5. The van der Waals surface area contributed by atoms with Gasteiger partial charge in [0.1, 0.15) is 11.4 Å². The number of carbonyl (C=O) groups excluding carboxylic acids is 1. The first-order chi connectivity index (χ1) is 8.62. The van der Waals surface area contributed by atoms with Crippen LogP contribution >= 0.6 is 0 Å². The van der Waals surface area contributed by atoms with E-state index in [2.05, 4.69) is 14.8 Å². The molecule has 0 saturated carbocycles. The molecule has 0 aliphatic carbocycles. The van der Waals surface area contributed by atoms with Crippen molar-refractivity contribution in [2.45, 2.75) is 6.92 Å². The summed E-state index contributed by atoms with van der Waals surface area (Å²) in [6.45, 7) is 1.88. The number of hydrogen-bond acceptors (Lipinski definition) is 4. The van der Waals surface area contributed by atoms with Crippen LogP contribution in [-0.4, -0.2) is 20.2 Å². The Kier molecular flexibility index (Phi) is 4.78. The first-order valence-electron chi connectivity index (χ1n) is 5.12. The second-order valence-corrected chi connectivity index (χ2v) is 3.44. The molecule has 1 rings (SSSR count). The molecule has 6 nitrogen and oxygen atoms in total. The third-order valence-electron chi connectivity index (χ3n) is 2.27. The maximum atomic E-state index is 11.3. The molecule has 94 valence electrons. The standard InChI is InChI=1S/C12H13N3O3/c1-8-6-9(4-5-11(8)17-2)7-10(14-15-13)12(16)18-3/h4-7H,1-3H3/b10-7-. The summed E-state index contributed by atoms with van der Waals surface area (Å²) >= 11 is 0. The lowest BCUT2D eigenvalue weighted by Crippen LogP contribution is -2.01. The van der Waals surface area contributed by atoms with Crippen molar-refractivity contribution >= 4 is 12.0 Å². The van der Waals surface area contributed by atoms with Crippen molar-refractivity contribution in [3.63, 3.8) is 0 Å². The van der Waals surface area contributed by atoms with Crippen LogP contribution in [0.1, 0.15) is 11.1 Å². The number of rotatable bonds is 4. The highest BCUT2D eigenvalue weighted by atomic mass is 16.5. The lowest BCUT2D eigenvalue weighted by atomic mass is 10.1. The van der Waals surface area contributed by atoms with E-state index in [9.17, 15) is 4.79 Å². The highest BCUT2D eigenvalue weighted by molar-refractivity contribution is 5.93. The van der Waals surface area contributed by atoms with Crippen molar-refractivity contribution < 1.29 is 14.3 Å². The quantitative estimate of drug-likeness (QED) is 0.269. The molecular weight excluding hydrogens is 234 g/mol. The van der Waals surface area contributed by atoms with Crippen molar-refractivity contribution in [2.24, 2.45) is 5.11 Å². The summed E-state index contributed by atoms with van der Waals surface area (Å²) in [5, 5.41) is 3.30. The van der Waals surface area contributed by atoms with Crippen molar-refractivity contribution in [1.29, 1.82) is 0 Å². The number of methoxy groups -OCH3 is 2. The number of carbonyl (C=O) groups is 1. The second-order valence-electron chi connectivity index (χ2n) is 3.44. The van der Waals surface area contributed by atoms with Gasteiger partial charge in [0.15, 0.2) is 0 Å². The van der Waals surface area contributed by atoms with E-state index in [1.54, 1.807) is 19.2 Å². The monoisotopic (exact) mass is 247 g/mol. The number of esters is 1. The van der Waals surface area contributed by atoms with Gasteiger partial charge < -0.3 is 9.47 Å². The van der Waals surface area contributed by atoms with Crippen LogP contribution in [0.4, 0.5) is 0 Å². The minimum Gasteiger partial charge on any atom is -0.496 e. The molecule has 0 aromatic heterocycles. The maximum Gasteiger partial charge on any atom is 0.340 e. The van der Waals surface area contributed by atoms with Crippen LogP contribution in [-0.2, 0) is 9.53 Å². The van der Waals surface area contributed by atoms with Gasteiger partial charge in [0, 0.05) is 4.91 Å². The third kappa shape index (κ3) is 3.26. The average Bonchev–Trinajstić information content (AvgIpc) is 2.37. The normalized spacial score (nSPS) is 10.5. The van der Waals surface area contributed by atoms with E-state index >= 15 is 0 Å². The van der Waals surface area contributed by atoms with Gasteiger partial charge in [-0.05, 0) is 41.8 Å². The van der Waals surface area contributed by atoms with Gasteiger partial charge in [-0.2, -0.15) is 0 Å². The average molecular weight is 247 g/mol. The molecule has 1 aromatic rings. The number of nitrogens with zero attached hydrogens (tertiary/aromatic N) is 3. The fraction of sp³-hybridized carbons (Fsp3) is 0.250. The Balaban J connectivity index is 3.16. The summed E-state index contributed by atoms with van der Waals surface area (Å²) in [7, 11) is 2.81. The molecule has 0 aliphatic heterocycles. The minimum atomic E-state index is -0.679. The predicted molar refractivity (Wildman–Crippen MR) is 66.9 cm³/mol. The molecule has 0 amide bonds. The molecule has 0 saturated heterocycles. The fourth-order valence-corrected chi connectivity index (χ4v) is 1.43. The Labute approximate surface area is 104 Å². The fourth-order valence-electron chi connectivity index (χ4n) is 1.43. The van der Waals surface area contributed by atoms with E-state index in [1.165, 1.54) is 13.2 Å². The van der Waals surface area contributed by atoms with Gasteiger partial charge in [0.2, 0.25) is 0 Å². The molecule has 0 atom stereocenters. The van der Waals surface area contributed by atoms with Crippen LogP contribution in [0.25, 0.3) is 16.5 Å². The number of aryl methyl sites for hydroxylation is 1. The molecule has 0 spiro atoms. The number of azide groups is 1. The highest BCUT2D eigenvalue weighted by Crippen LogP contribution is 2.20. The van der Waals surface area contributed by atoms with Crippen LogP contribution in [0.2, 0.25) is 0 Å². The lowest BCUT2D eigenvalue weighted by molar-refractivity contribution is -0.136. The van der Waals surface area contributed by atoms with Crippen LogP contribution in [0.15, 0.2) is 29.0 Å². The van der Waals surface area contributed by atoms with Crippen LogP contribution in [0, 0.1) is 6.92 Å². The Bertz CT molecular complexity index is 531. The van der Waals surface area contributed by atoms with E-state index in [-0.39, 0.29) is 5.70 Å². The first-order valence-corrected chi connectivity index (χ1v) is 5.12. The van der Waals surface area contributed by atoms with Crippen LogP contribution < -0.4 is 4.74 Å². The third-order valence-corrected chi connectivity index (χ3v) is 2.27. The summed E-state index contributed by atoms with van der Waals surface area (Å²) < 4.78 is 9.64. The summed E-state index contributed by atoms with van der Waals surface area (Å²) in [6, 6.07) is 5.34. The molecular formula is C12H13N3O3. The van der Waals surface area contributed by atoms with Gasteiger partial charge in [-0.15, -0.1) is 0 Å². The summed E-state index contributed by atoms with van der Waals surface area (Å²) in [5.41, 5.74) is 9.93. The number of ether oxygens (including phenoxy) is 2. The molecule has 0 N–H and O–H groups in total. The first kappa shape index (κ1) is 13.6. The molecule has 0 heterocycles. The molecule has 0 unspecified atom stereocenters. The second kappa shape index (κ2) is 6.32. The maximum absolute atomic E-state index is 11.3. The van der Waals surface area contributed by atoms with E-state index < -0.39 is 5.97 Å². The van der Waals surface area contributed by atoms with Crippen molar-refractivity contribution in [2.75, 3.05) is 14.2 Å². The zero-order valence-corrected chi connectivity index (χ0v) is 10.4. The van der Waals surface area contributed by atoms with Crippen LogP contribution in [0.5, 0.6) is 5.75 Å². The van der Waals surface area contributed by atoms with E-state index in [4.69, 9.17) is 10.3 Å².